The first-order chi connectivity index (χ1) is 14.5. The molecule has 1 amide bonds. The molecule has 0 radical (unpaired) electrons. The molecule has 3 aromatic rings. The number of nitrogens with one attached hydrogen (secondary N) is 2. The second-order valence-electron chi connectivity index (χ2n) is 6.97. The number of nitrogens with zero attached hydrogens (tertiary/aromatic N) is 3. The van der Waals surface area contributed by atoms with Crippen LogP contribution in [0.2, 0.25) is 0 Å². The van der Waals surface area contributed by atoms with Gasteiger partial charge in [-0.2, -0.15) is 10.1 Å². The van der Waals surface area contributed by atoms with Crippen molar-refractivity contribution in [1.82, 2.24) is 14.8 Å². The minimum absolute atomic E-state index is 0.224. The number of hydrogen-bond donors (Lipinski definition) is 2. The van der Waals surface area contributed by atoms with Gasteiger partial charge in [-0.15, -0.1) is 0 Å². The van der Waals surface area contributed by atoms with Crippen molar-refractivity contribution in [3.8, 4) is 11.5 Å². The lowest BCUT2D eigenvalue weighted by Gasteiger charge is -2.29. The van der Waals surface area contributed by atoms with Crippen molar-refractivity contribution in [2.24, 2.45) is 0 Å². The van der Waals surface area contributed by atoms with Crippen LogP contribution in [-0.4, -0.2) is 34.9 Å². The molecule has 2 heterocycles. The summed E-state index contributed by atoms with van der Waals surface area (Å²) in [4.78, 5) is 17.7. The van der Waals surface area contributed by atoms with Gasteiger partial charge in [-0.1, -0.05) is 18.2 Å². The number of benzene rings is 2. The Hall–Kier alpha value is -3.81. The Morgan fingerprint density at radius 3 is 2.67 bits per heavy atom. The van der Waals surface area contributed by atoms with Crippen molar-refractivity contribution in [2.45, 2.75) is 19.9 Å². The minimum Gasteiger partial charge on any atom is -0.497 e. The summed E-state index contributed by atoms with van der Waals surface area (Å²) < 4.78 is 12.6. The van der Waals surface area contributed by atoms with Gasteiger partial charge in [0.05, 0.1) is 19.8 Å². The van der Waals surface area contributed by atoms with Crippen LogP contribution < -0.4 is 20.1 Å². The third-order valence-electron chi connectivity index (χ3n) is 5.17. The molecule has 0 fully saturated rings. The van der Waals surface area contributed by atoms with E-state index in [1.54, 1.807) is 25.0 Å². The van der Waals surface area contributed by atoms with Crippen LogP contribution in [0.1, 0.15) is 24.1 Å². The molecule has 0 aliphatic carbocycles. The van der Waals surface area contributed by atoms with Crippen LogP contribution in [-0.2, 0) is 4.79 Å². The van der Waals surface area contributed by atoms with Crippen LogP contribution in [0.25, 0.3) is 0 Å². The monoisotopic (exact) mass is 405 g/mol. The van der Waals surface area contributed by atoms with Gasteiger partial charge < -0.3 is 20.1 Å². The average molecular weight is 405 g/mol. The average Bonchev–Trinajstić information content (AvgIpc) is 3.21. The largest absolute Gasteiger partial charge is 0.497 e. The molecule has 30 heavy (non-hydrogen) atoms. The first-order valence-electron chi connectivity index (χ1n) is 9.49. The number of aryl methyl sites for hydroxylation is 1. The van der Waals surface area contributed by atoms with Gasteiger partial charge in [0.25, 0.3) is 5.91 Å². The minimum atomic E-state index is -0.520. The Labute approximate surface area is 174 Å². The molecule has 0 bridgehead atoms. The predicted octanol–water partition coefficient (Wildman–Crippen LogP) is 3.53. The van der Waals surface area contributed by atoms with E-state index < -0.39 is 6.04 Å². The number of ether oxygens (including phenoxy) is 2. The Bertz CT molecular complexity index is 1140. The van der Waals surface area contributed by atoms with E-state index in [4.69, 9.17) is 9.47 Å². The van der Waals surface area contributed by atoms with Crippen LogP contribution >= 0.6 is 0 Å². The van der Waals surface area contributed by atoms with Crippen molar-refractivity contribution in [1.29, 1.82) is 0 Å². The standard InChI is InChI=1S/C22H23N5O3/c1-13-7-5-6-8-17(13)26-21(28)19-14(2)25-22-23-12-24-27(22)20(19)16-10-9-15(29-3)11-18(16)30-4/h5-12,20H,1-4H3,(H,26,28)(H,23,24,25)/t20-/m0/s1. The quantitative estimate of drug-likeness (QED) is 0.675. The number of amides is 1. The number of carbonyl (C=O) groups excluding carboxylic acids is 1. The van der Waals surface area contributed by atoms with Crippen LogP contribution in [0.5, 0.6) is 11.5 Å². The second kappa shape index (κ2) is 7.90. The van der Waals surface area contributed by atoms with Gasteiger partial charge >= 0.3 is 0 Å². The van der Waals surface area contributed by atoms with E-state index in [1.165, 1.54) is 6.33 Å². The van der Waals surface area contributed by atoms with Crippen molar-refractivity contribution in [3.63, 3.8) is 0 Å². The lowest BCUT2D eigenvalue weighted by molar-refractivity contribution is -0.113. The van der Waals surface area contributed by atoms with E-state index in [0.717, 1.165) is 16.8 Å². The smallest absolute Gasteiger partial charge is 0.255 e. The molecule has 2 aromatic carbocycles. The van der Waals surface area contributed by atoms with Crippen LogP contribution in [0, 0.1) is 6.92 Å². The number of allylic oxidation sites excluding steroid dienone is 1. The molecular formula is C22H23N5O3. The third-order valence-corrected chi connectivity index (χ3v) is 5.17. The molecule has 2 N–H and O–H groups in total. The topological polar surface area (TPSA) is 90.3 Å². The van der Waals surface area contributed by atoms with Gasteiger partial charge in [0, 0.05) is 23.0 Å². The zero-order valence-electron chi connectivity index (χ0n) is 17.3. The number of rotatable bonds is 5. The lowest BCUT2D eigenvalue weighted by atomic mass is 9.94. The Balaban J connectivity index is 1.82. The molecule has 1 atom stereocenters. The van der Waals surface area contributed by atoms with E-state index in [0.29, 0.717) is 28.7 Å². The normalized spacial score (nSPS) is 15.3. The number of hydrogen-bond acceptors (Lipinski definition) is 6. The maximum atomic E-state index is 13.4. The molecule has 1 aliphatic rings. The fourth-order valence-corrected chi connectivity index (χ4v) is 3.62. The number of methoxy groups -OCH3 is 2. The molecule has 0 unspecified atom stereocenters. The van der Waals surface area contributed by atoms with Crippen molar-refractivity contribution in [3.05, 3.63) is 71.2 Å². The SMILES string of the molecule is COc1ccc([C@H]2C(C(=O)Nc3ccccc3C)=C(C)Nc3ncnn32)c(OC)c1. The summed E-state index contributed by atoms with van der Waals surface area (Å²) in [6.07, 6.45) is 1.46. The fraction of sp³-hybridized carbons (Fsp3) is 0.227. The summed E-state index contributed by atoms with van der Waals surface area (Å²) in [5, 5.41) is 10.6. The summed E-state index contributed by atoms with van der Waals surface area (Å²) >= 11 is 0. The molecule has 0 spiro atoms. The molecule has 8 nitrogen and oxygen atoms in total. The van der Waals surface area contributed by atoms with Gasteiger partial charge in [-0.05, 0) is 37.6 Å². The van der Waals surface area contributed by atoms with E-state index in [2.05, 4.69) is 20.7 Å². The first kappa shape index (κ1) is 19.5. The summed E-state index contributed by atoms with van der Waals surface area (Å²) in [5.74, 6) is 1.59. The molecule has 1 aliphatic heterocycles. The molecule has 154 valence electrons. The number of carbonyl (C=O) groups is 1. The zero-order chi connectivity index (χ0) is 21.3. The van der Waals surface area contributed by atoms with Crippen LogP contribution in [0.3, 0.4) is 0 Å². The van der Waals surface area contributed by atoms with E-state index >= 15 is 0 Å². The van der Waals surface area contributed by atoms with Crippen molar-refractivity contribution in [2.75, 3.05) is 24.9 Å². The molecule has 4 rings (SSSR count). The van der Waals surface area contributed by atoms with Gasteiger partial charge in [-0.3, -0.25) is 4.79 Å². The highest BCUT2D eigenvalue weighted by atomic mass is 16.5. The van der Waals surface area contributed by atoms with Gasteiger partial charge in [0.2, 0.25) is 5.95 Å². The summed E-state index contributed by atoms with van der Waals surface area (Å²) in [6.45, 7) is 3.81. The summed E-state index contributed by atoms with van der Waals surface area (Å²) in [5.41, 5.74) is 3.74. The number of fused-ring (bicyclic) bond motifs is 1. The fourth-order valence-electron chi connectivity index (χ4n) is 3.62. The Morgan fingerprint density at radius 1 is 1.13 bits per heavy atom. The third kappa shape index (κ3) is 3.36. The van der Waals surface area contributed by atoms with Gasteiger partial charge in [-0.25, -0.2) is 4.68 Å². The molecule has 0 saturated carbocycles. The number of aromatic nitrogens is 3. The molecule has 8 heteroatoms. The van der Waals surface area contributed by atoms with Crippen molar-refractivity contribution >= 4 is 17.5 Å². The lowest BCUT2D eigenvalue weighted by Crippen LogP contribution is -2.31. The number of anilines is 2. The molecular weight excluding hydrogens is 382 g/mol. The van der Waals surface area contributed by atoms with Gasteiger partial charge in [0.1, 0.15) is 23.9 Å². The highest BCUT2D eigenvalue weighted by Gasteiger charge is 2.35. The van der Waals surface area contributed by atoms with Crippen molar-refractivity contribution < 1.29 is 14.3 Å². The Kier molecular flexibility index (Phi) is 5.14. The predicted molar refractivity (Wildman–Crippen MR) is 114 cm³/mol. The second-order valence-corrected chi connectivity index (χ2v) is 6.97. The van der Waals surface area contributed by atoms with E-state index in [1.807, 2.05) is 50.2 Å². The first-order valence-corrected chi connectivity index (χ1v) is 9.49. The summed E-state index contributed by atoms with van der Waals surface area (Å²) in [7, 11) is 3.19. The van der Waals surface area contributed by atoms with Crippen LogP contribution in [0.15, 0.2) is 60.1 Å². The van der Waals surface area contributed by atoms with Crippen LogP contribution in [0.4, 0.5) is 11.6 Å². The van der Waals surface area contributed by atoms with Gasteiger partial charge in [0.15, 0.2) is 0 Å². The van der Waals surface area contributed by atoms with E-state index in [9.17, 15) is 4.79 Å². The van der Waals surface area contributed by atoms with E-state index in [-0.39, 0.29) is 5.91 Å². The number of para-hydroxylation sites is 1. The zero-order valence-corrected chi connectivity index (χ0v) is 17.3. The highest BCUT2D eigenvalue weighted by Crippen LogP contribution is 2.40. The maximum Gasteiger partial charge on any atom is 0.255 e. The molecule has 1 aromatic heterocycles. The Morgan fingerprint density at radius 2 is 1.93 bits per heavy atom. The highest BCUT2D eigenvalue weighted by molar-refractivity contribution is 6.06. The molecule has 0 saturated heterocycles. The summed E-state index contributed by atoms with van der Waals surface area (Å²) in [6, 6.07) is 12.6. The maximum absolute atomic E-state index is 13.4.